The lowest BCUT2D eigenvalue weighted by Crippen LogP contribution is -2.41. The quantitative estimate of drug-likeness (QED) is 0.134. The predicted molar refractivity (Wildman–Crippen MR) is 470 cm³/mol. The number of rotatable bonds is 8. The van der Waals surface area contributed by atoms with Gasteiger partial charge >= 0.3 is 7.12 Å². The van der Waals surface area contributed by atoms with Crippen molar-refractivity contribution < 1.29 is 18.8 Å². The molecule has 23 rings (SSSR count). The van der Waals surface area contributed by atoms with Crippen LogP contribution in [0, 0.1) is 0 Å². The number of fused-ring (bicyclic) bond motifs is 20. The minimum atomic E-state index is -0.600. The van der Waals surface area contributed by atoms with E-state index in [0.717, 1.165) is 128 Å². The van der Waals surface area contributed by atoms with Crippen molar-refractivity contribution in [3.63, 3.8) is 0 Å². The summed E-state index contributed by atoms with van der Waals surface area (Å²) in [6.07, 6.45) is 3.70. The van der Waals surface area contributed by atoms with Crippen LogP contribution in [0.1, 0.15) is 72.2 Å². The Bertz CT molecular complexity index is 6780. The third kappa shape index (κ3) is 11.9. The summed E-state index contributed by atoms with van der Waals surface area (Å²) in [7, 11) is -0.457. The van der Waals surface area contributed by atoms with E-state index >= 15 is 0 Å². The molecule has 2 aliphatic carbocycles. The largest absolute Gasteiger partial charge is 0.494 e. The molecule has 1 fully saturated rings. The number of halogens is 1. The van der Waals surface area contributed by atoms with Crippen LogP contribution in [0.3, 0.4) is 0 Å². The lowest BCUT2D eigenvalue weighted by molar-refractivity contribution is 0.00578. The second-order valence-electron chi connectivity index (χ2n) is 31.1. The van der Waals surface area contributed by atoms with Gasteiger partial charge in [-0.1, -0.05) is 285 Å². The van der Waals surface area contributed by atoms with Crippen LogP contribution < -0.4 is 14.9 Å². The fraction of sp³-hybridized carbons (Fsp3) is 0.0769. The number of pyridine rings is 2. The average Bonchev–Trinajstić information content (AvgIpc) is 1.50. The monoisotopic (exact) mass is 1540 g/mol. The van der Waals surface area contributed by atoms with Crippen LogP contribution in [0.2, 0.25) is 5.28 Å². The van der Waals surface area contributed by atoms with Crippen LogP contribution in [-0.2, 0) is 20.1 Å². The molecule has 5 aliphatic rings. The first-order valence-corrected chi connectivity index (χ1v) is 40.0. The third-order valence-electron chi connectivity index (χ3n) is 24.0. The highest BCUT2D eigenvalue weighted by molar-refractivity contribution is 6.62. The maximum Gasteiger partial charge on any atom is 0.494 e. The maximum absolute atomic E-state index is 6.61. The molecule has 7 heterocycles. The number of ether oxygens (including phenoxy) is 2. The van der Waals surface area contributed by atoms with Crippen LogP contribution in [0.15, 0.2) is 364 Å². The minimum Gasteiger partial charge on any atom is -0.457 e. The molecule has 0 unspecified atom stereocenters. The second-order valence-corrected chi connectivity index (χ2v) is 31.5. The lowest BCUT2D eigenvalue weighted by atomic mass is 9.65. The number of aromatic nitrogens is 8. The van der Waals surface area contributed by atoms with Crippen molar-refractivity contribution in [2.24, 2.45) is 0 Å². The fourth-order valence-corrected chi connectivity index (χ4v) is 18.0. The van der Waals surface area contributed by atoms with Gasteiger partial charge in [-0.3, -0.25) is 9.97 Å². The maximum atomic E-state index is 6.61. The Morgan fingerprint density at radius 1 is 0.254 bits per heavy atom. The van der Waals surface area contributed by atoms with E-state index in [9.17, 15) is 0 Å². The van der Waals surface area contributed by atoms with Gasteiger partial charge in [0.05, 0.1) is 33.1 Å². The Morgan fingerprint density at radius 2 is 0.568 bits per heavy atom. The topological polar surface area (TPSA) is 140 Å². The molecule has 0 atom stereocenters. The van der Waals surface area contributed by atoms with E-state index in [1.165, 1.54) is 38.9 Å². The predicted octanol–water partition coefficient (Wildman–Crippen LogP) is 24.1. The molecule has 0 amide bonds. The molecule has 0 N–H and O–H groups in total. The van der Waals surface area contributed by atoms with Gasteiger partial charge in [0, 0.05) is 73.2 Å². The summed E-state index contributed by atoms with van der Waals surface area (Å²) >= 11 is 5.99. The fourth-order valence-electron chi connectivity index (χ4n) is 17.9. The summed E-state index contributed by atoms with van der Waals surface area (Å²) in [5.41, 5.74) is 24.3. The smallest absolute Gasteiger partial charge is 0.457 e. The normalized spacial score (nSPS) is 14.5. The molecule has 2 spiro atoms. The molecule has 0 bridgehead atoms. The van der Waals surface area contributed by atoms with Gasteiger partial charge in [-0.05, 0) is 178 Å². The lowest BCUT2D eigenvalue weighted by Gasteiger charge is -2.39. The molecular formula is C104H72BClN8O4. The molecule has 0 saturated carbocycles. The number of para-hydroxylation sites is 4. The zero-order valence-corrected chi connectivity index (χ0v) is 65.6. The van der Waals surface area contributed by atoms with Crippen molar-refractivity contribution in [3.8, 4) is 124 Å². The van der Waals surface area contributed by atoms with Crippen LogP contribution >= 0.6 is 11.6 Å². The van der Waals surface area contributed by atoms with Gasteiger partial charge in [0.15, 0.2) is 29.1 Å². The zero-order valence-electron chi connectivity index (χ0n) is 64.8. The van der Waals surface area contributed by atoms with Crippen LogP contribution in [0.4, 0.5) is 0 Å². The highest BCUT2D eigenvalue weighted by Gasteiger charge is 2.55. The summed E-state index contributed by atoms with van der Waals surface area (Å²) in [6, 6.07) is 122. The molecule has 118 heavy (non-hydrogen) atoms. The molecule has 3 aliphatic heterocycles. The van der Waals surface area contributed by atoms with Gasteiger partial charge < -0.3 is 18.8 Å². The average molecular weight is 1540 g/mol. The Morgan fingerprint density at radius 3 is 0.949 bits per heavy atom. The molecule has 14 heteroatoms. The van der Waals surface area contributed by atoms with Gasteiger partial charge in [-0.25, -0.2) is 19.9 Å². The molecule has 18 aromatic rings. The van der Waals surface area contributed by atoms with E-state index in [-0.39, 0.29) is 5.28 Å². The van der Waals surface area contributed by atoms with Crippen molar-refractivity contribution >= 4 is 46.0 Å². The highest BCUT2D eigenvalue weighted by Crippen LogP contribution is 2.65. The molecule has 0 radical (unpaired) electrons. The Labute approximate surface area is 688 Å². The van der Waals surface area contributed by atoms with E-state index in [0.29, 0.717) is 29.1 Å². The first-order chi connectivity index (χ1) is 57.9. The number of nitrogens with zero attached hydrogens (tertiary/aromatic N) is 8. The SMILES string of the molecule is CC1(C)OB(c2ccc3c(c2)-c2cc(-c4cccc5ncccc45)ccc2C32c3ccccc3Oc3ccccc32)OC1(C)C.Clc1nc(-c2ccccc2)nc(-c2ccccc2)n1.c1ccc(-c2nc(-c3ccccc3)nc(-c3ccc4c(c3)-c3cc(-c5cccc6ncccc56)ccc3C43c4ccccc4Oc4ccccc43)n2)cc1. The summed E-state index contributed by atoms with van der Waals surface area (Å²) in [5.74, 6) is 6.55. The molecule has 562 valence electrons. The van der Waals surface area contributed by atoms with E-state index in [4.69, 9.17) is 45.3 Å². The van der Waals surface area contributed by atoms with Gasteiger partial charge in [0.1, 0.15) is 23.0 Å². The van der Waals surface area contributed by atoms with E-state index in [1.54, 1.807) is 0 Å². The van der Waals surface area contributed by atoms with Crippen LogP contribution in [0.5, 0.6) is 23.0 Å². The van der Waals surface area contributed by atoms with Gasteiger partial charge in [-0.2, -0.15) is 9.97 Å². The number of benzene rings is 14. The zero-order chi connectivity index (χ0) is 79.3. The van der Waals surface area contributed by atoms with Gasteiger partial charge in [0.25, 0.3) is 0 Å². The molecular weight excluding hydrogens is 1470 g/mol. The first-order valence-electron chi connectivity index (χ1n) is 39.6. The van der Waals surface area contributed by atoms with Crippen molar-refractivity contribution in [1.82, 2.24) is 39.9 Å². The summed E-state index contributed by atoms with van der Waals surface area (Å²) < 4.78 is 26.2. The minimum absolute atomic E-state index is 0.202. The van der Waals surface area contributed by atoms with Crippen molar-refractivity contribution in [3.05, 3.63) is 414 Å². The van der Waals surface area contributed by atoms with E-state index in [1.807, 2.05) is 158 Å². The molecule has 14 aromatic carbocycles. The van der Waals surface area contributed by atoms with Crippen molar-refractivity contribution in [1.29, 1.82) is 0 Å². The number of hydrogen-bond acceptors (Lipinski definition) is 12. The molecule has 4 aromatic heterocycles. The third-order valence-corrected chi connectivity index (χ3v) is 24.1. The number of hydrogen-bond donors (Lipinski definition) is 0. The molecule has 1 saturated heterocycles. The Balaban J connectivity index is 0.000000122. The summed E-state index contributed by atoms with van der Waals surface area (Å²) in [5, 5.41) is 2.46. The van der Waals surface area contributed by atoms with Crippen LogP contribution in [-0.4, -0.2) is 58.2 Å². The van der Waals surface area contributed by atoms with Crippen molar-refractivity contribution in [2.45, 2.75) is 49.7 Å². The summed E-state index contributed by atoms with van der Waals surface area (Å²) in [6.45, 7) is 8.41. The Hall–Kier alpha value is -14.2. The highest BCUT2D eigenvalue weighted by atomic mass is 35.5. The van der Waals surface area contributed by atoms with E-state index < -0.39 is 29.2 Å². The van der Waals surface area contributed by atoms with Gasteiger partial charge in [0.2, 0.25) is 5.28 Å². The van der Waals surface area contributed by atoms with Gasteiger partial charge in [-0.15, -0.1) is 0 Å². The standard InChI is InChI=1S/C49H30N4O.C40H32BNO3.C15H10ClN3/c1-3-13-31(14-4-1)46-51-47(32-15-5-2-6-16-32)53-48(52-46)34-25-27-40-38(30-34)37-29-33(35-17-11-21-43-36(35)18-12-28-50-43)24-26-39(37)49(40)41-19-7-9-22-44(41)54-45-23-10-8-20-42(45)49;1-38(2)39(3,4)45-41(44-38)26-19-21-32-30(24-26)29-23-25(27-11-9-15-35-28(27)12-10-22-42-35)18-20-31(29)40(32)33-13-5-7-16-36(33)43-37-17-8-6-14-34(37)40;16-15-18-13(11-7-3-1-4-8-11)17-14(19-15)12-9-5-2-6-10-12/h1-30H;5-24H,1-4H3;1-10H. The van der Waals surface area contributed by atoms with Crippen molar-refractivity contribution in [2.75, 3.05) is 0 Å². The summed E-state index contributed by atoms with van der Waals surface area (Å²) in [4.78, 5) is 37.3. The second kappa shape index (κ2) is 28.7. The first kappa shape index (κ1) is 71.6. The van der Waals surface area contributed by atoms with E-state index in [2.05, 4.69) is 259 Å². The Kier molecular flexibility index (Phi) is 17.4. The van der Waals surface area contributed by atoms with Crippen LogP contribution in [0.25, 0.3) is 123 Å². The molecule has 12 nitrogen and oxygen atoms in total.